The standard InChI is InChI=1S/C14H18O3/c1-14(2)11(13(14)16)8-12(15)17-9-10-6-4-3-5-7-10/h3-7,11,13,16H,8-9H2,1-2H3/t11-,13-/m0/s1. The Morgan fingerprint density at radius 2 is 1.94 bits per heavy atom. The van der Waals surface area contributed by atoms with Crippen LogP contribution in [-0.2, 0) is 16.1 Å². The van der Waals surface area contributed by atoms with Gasteiger partial charge in [0, 0.05) is 5.92 Å². The second-order valence-corrected chi connectivity index (χ2v) is 5.22. The van der Waals surface area contributed by atoms with Crippen LogP contribution in [0.4, 0.5) is 0 Å². The molecule has 3 heteroatoms. The van der Waals surface area contributed by atoms with Crippen LogP contribution in [0.25, 0.3) is 0 Å². The molecule has 1 aromatic carbocycles. The molecule has 0 amide bonds. The summed E-state index contributed by atoms with van der Waals surface area (Å²) in [5.74, 6) is -0.186. The highest BCUT2D eigenvalue weighted by Crippen LogP contribution is 2.53. The zero-order valence-electron chi connectivity index (χ0n) is 10.2. The molecule has 92 valence electrons. The highest BCUT2D eigenvalue weighted by atomic mass is 16.5. The minimum Gasteiger partial charge on any atom is -0.461 e. The van der Waals surface area contributed by atoms with Crippen molar-refractivity contribution in [2.75, 3.05) is 0 Å². The number of carbonyl (C=O) groups excluding carboxylic acids is 1. The monoisotopic (exact) mass is 234 g/mol. The van der Waals surface area contributed by atoms with E-state index in [-0.39, 0.29) is 23.4 Å². The molecule has 3 nitrogen and oxygen atoms in total. The third-order valence-electron chi connectivity index (χ3n) is 3.62. The van der Waals surface area contributed by atoms with Crippen LogP contribution in [0.2, 0.25) is 0 Å². The van der Waals surface area contributed by atoms with Gasteiger partial charge in [0.25, 0.3) is 0 Å². The Bertz CT molecular complexity index is 397. The predicted molar refractivity (Wildman–Crippen MR) is 64.1 cm³/mol. The number of aliphatic hydroxyl groups is 1. The largest absolute Gasteiger partial charge is 0.461 e. The Labute approximate surface area is 101 Å². The zero-order valence-corrected chi connectivity index (χ0v) is 10.2. The molecule has 1 N–H and O–H groups in total. The molecule has 0 unspecified atom stereocenters. The summed E-state index contributed by atoms with van der Waals surface area (Å²) in [6.07, 6.45) is -0.0622. The highest BCUT2D eigenvalue weighted by Gasteiger charge is 2.57. The van der Waals surface area contributed by atoms with Crippen LogP contribution >= 0.6 is 0 Å². The number of ether oxygens (including phenoxy) is 1. The highest BCUT2D eigenvalue weighted by molar-refractivity contribution is 5.70. The van der Waals surface area contributed by atoms with Gasteiger partial charge in [-0.25, -0.2) is 0 Å². The topological polar surface area (TPSA) is 46.5 Å². The van der Waals surface area contributed by atoms with Gasteiger partial charge in [-0.2, -0.15) is 0 Å². The number of hydrogen-bond donors (Lipinski definition) is 1. The zero-order chi connectivity index (χ0) is 12.5. The molecule has 1 aliphatic rings. The summed E-state index contributed by atoms with van der Waals surface area (Å²) in [6.45, 7) is 4.24. The molecule has 17 heavy (non-hydrogen) atoms. The van der Waals surface area contributed by atoms with E-state index in [9.17, 15) is 9.90 Å². The number of benzene rings is 1. The number of esters is 1. The molecule has 0 aromatic heterocycles. The van der Waals surface area contributed by atoms with Crippen LogP contribution in [-0.4, -0.2) is 17.2 Å². The van der Waals surface area contributed by atoms with Crippen molar-refractivity contribution in [1.29, 1.82) is 0 Å². The van der Waals surface area contributed by atoms with Crippen LogP contribution in [0, 0.1) is 11.3 Å². The van der Waals surface area contributed by atoms with E-state index in [1.165, 1.54) is 0 Å². The molecule has 0 saturated heterocycles. The average Bonchev–Trinajstić information content (AvgIpc) is 2.78. The quantitative estimate of drug-likeness (QED) is 0.812. The Balaban J connectivity index is 1.76. The molecule has 0 radical (unpaired) electrons. The van der Waals surface area contributed by atoms with Crippen LogP contribution < -0.4 is 0 Å². The molecule has 1 fully saturated rings. The Morgan fingerprint density at radius 3 is 2.47 bits per heavy atom. The normalized spacial score (nSPS) is 25.4. The lowest BCUT2D eigenvalue weighted by molar-refractivity contribution is -0.145. The summed E-state index contributed by atoms with van der Waals surface area (Å²) in [5.41, 5.74) is 0.850. The maximum absolute atomic E-state index is 11.6. The third kappa shape index (κ3) is 2.67. The van der Waals surface area contributed by atoms with E-state index in [2.05, 4.69) is 0 Å². The Kier molecular flexibility index (Phi) is 3.20. The van der Waals surface area contributed by atoms with Crippen molar-refractivity contribution in [2.45, 2.75) is 33.0 Å². The number of rotatable bonds is 4. The van der Waals surface area contributed by atoms with Crippen molar-refractivity contribution < 1.29 is 14.6 Å². The average molecular weight is 234 g/mol. The molecule has 1 saturated carbocycles. The van der Waals surface area contributed by atoms with Crippen molar-refractivity contribution in [1.82, 2.24) is 0 Å². The summed E-state index contributed by atoms with van der Waals surface area (Å²) in [5, 5.41) is 9.58. The minimum absolute atomic E-state index is 0.0470. The fourth-order valence-corrected chi connectivity index (χ4v) is 2.07. The van der Waals surface area contributed by atoms with Gasteiger partial charge in [-0.15, -0.1) is 0 Å². The Morgan fingerprint density at radius 1 is 1.35 bits per heavy atom. The maximum Gasteiger partial charge on any atom is 0.306 e. The van der Waals surface area contributed by atoms with Crippen molar-refractivity contribution in [3.63, 3.8) is 0 Å². The van der Waals surface area contributed by atoms with E-state index in [0.717, 1.165) is 5.56 Å². The molecule has 0 heterocycles. The molecule has 0 aliphatic heterocycles. The van der Waals surface area contributed by atoms with E-state index in [1.54, 1.807) is 0 Å². The lowest BCUT2D eigenvalue weighted by Gasteiger charge is -2.05. The minimum atomic E-state index is -0.369. The molecule has 1 aliphatic carbocycles. The van der Waals surface area contributed by atoms with Gasteiger partial charge < -0.3 is 9.84 Å². The van der Waals surface area contributed by atoms with E-state index >= 15 is 0 Å². The lowest BCUT2D eigenvalue weighted by atomic mass is 10.1. The number of hydrogen-bond acceptors (Lipinski definition) is 3. The fraction of sp³-hybridized carbons (Fsp3) is 0.500. The van der Waals surface area contributed by atoms with Crippen LogP contribution in [0.3, 0.4) is 0 Å². The second kappa shape index (κ2) is 4.49. The van der Waals surface area contributed by atoms with E-state index in [1.807, 2.05) is 44.2 Å². The van der Waals surface area contributed by atoms with E-state index in [0.29, 0.717) is 13.0 Å². The van der Waals surface area contributed by atoms with Gasteiger partial charge in [0.2, 0.25) is 0 Å². The van der Waals surface area contributed by atoms with E-state index < -0.39 is 0 Å². The first-order chi connectivity index (χ1) is 8.01. The second-order valence-electron chi connectivity index (χ2n) is 5.22. The molecular weight excluding hydrogens is 216 g/mol. The van der Waals surface area contributed by atoms with Gasteiger partial charge >= 0.3 is 5.97 Å². The molecule has 0 spiro atoms. The number of aliphatic hydroxyl groups excluding tert-OH is 1. The third-order valence-corrected chi connectivity index (χ3v) is 3.62. The van der Waals surface area contributed by atoms with Crippen LogP contribution in [0.15, 0.2) is 30.3 Å². The lowest BCUT2D eigenvalue weighted by Crippen LogP contribution is -2.07. The molecule has 0 bridgehead atoms. The first kappa shape index (κ1) is 12.1. The summed E-state index contributed by atoms with van der Waals surface area (Å²) in [4.78, 5) is 11.6. The maximum atomic E-state index is 11.6. The van der Waals surface area contributed by atoms with Gasteiger partial charge in [-0.3, -0.25) is 4.79 Å². The molecule has 1 aromatic rings. The van der Waals surface area contributed by atoms with Gasteiger partial charge in [0.15, 0.2) is 0 Å². The van der Waals surface area contributed by atoms with Crippen molar-refractivity contribution in [2.24, 2.45) is 11.3 Å². The van der Waals surface area contributed by atoms with Gasteiger partial charge in [0.1, 0.15) is 6.61 Å². The first-order valence-electron chi connectivity index (χ1n) is 5.89. The van der Waals surface area contributed by atoms with Gasteiger partial charge in [0.05, 0.1) is 12.5 Å². The molecule has 2 rings (SSSR count). The summed E-state index contributed by atoms with van der Waals surface area (Å²) < 4.78 is 5.17. The van der Waals surface area contributed by atoms with Crippen molar-refractivity contribution in [3.8, 4) is 0 Å². The first-order valence-corrected chi connectivity index (χ1v) is 5.89. The fourth-order valence-electron chi connectivity index (χ4n) is 2.07. The molecule has 2 atom stereocenters. The summed E-state index contributed by atoms with van der Waals surface area (Å²) >= 11 is 0. The Hall–Kier alpha value is -1.35. The number of carbonyl (C=O) groups is 1. The summed E-state index contributed by atoms with van der Waals surface area (Å²) in [6, 6.07) is 9.59. The summed E-state index contributed by atoms with van der Waals surface area (Å²) in [7, 11) is 0. The van der Waals surface area contributed by atoms with Gasteiger partial charge in [-0.05, 0) is 11.0 Å². The van der Waals surface area contributed by atoms with E-state index in [4.69, 9.17) is 4.74 Å². The van der Waals surface area contributed by atoms with Crippen molar-refractivity contribution in [3.05, 3.63) is 35.9 Å². The smallest absolute Gasteiger partial charge is 0.306 e. The predicted octanol–water partition coefficient (Wildman–Crippen LogP) is 2.14. The SMILES string of the molecule is CC1(C)[C@@H](O)[C@@H]1CC(=O)OCc1ccccc1. The van der Waals surface area contributed by atoms with Crippen molar-refractivity contribution >= 4 is 5.97 Å². The molecular formula is C14H18O3. The van der Waals surface area contributed by atoms with Crippen LogP contribution in [0.5, 0.6) is 0 Å². The van der Waals surface area contributed by atoms with Gasteiger partial charge in [-0.1, -0.05) is 44.2 Å². The van der Waals surface area contributed by atoms with Crippen LogP contribution in [0.1, 0.15) is 25.8 Å².